The Labute approximate surface area is 549 Å². The van der Waals surface area contributed by atoms with E-state index in [0.717, 1.165) is 96.3 Å². The number of phosphoric acid groups is 1. The summed E-state index contributed by atoms with van der Waals surface area (Å²) < 4.78 is 33.2. The van der Waals surface area contributed by atoms with Crippen LogP contribution in [0.2, 0.25) is 0 Å². The number of rotatable bonds is 69. The first-order valence-corrected chi connectivity index (χ1v) is 38.5. The van der Waals surface area contributed by atoms with Gasteiger partial charge in [-0.05, 0) is 109 Å². The Kier molecular flexibility index (Phi) is 70.5. The molecule has 0 spiro atoms. The van der Waals surface area contributed by atoms with Gasteiger partial charge in [-0.15, -0.1) is 0 Å². The fourth-order valence-electron chi connectivity index (χ4n) is 10.4. The molecule has 0 aliphatic heterocycles. The van der Waals surface area contributed by atoms with Gasteiger partial charge < -0.3 is 20.1 Å². The number of esters is 2. The molecule has 2 unspecified atom stereocenters. The molecule has 0 bridgehead atoms. The zero-order valence-electron chi connectivity index (χ0n) is 57.6. The molecule has 0 aliphatic rings. The second kappa shape index (κ2) is 73.5. The third-order valence-corrected chi connectivity index (χ3v) is 16.8. The monoisotopic (exact) mass is 1260 g/mol. The number of hydrogen-bond acceptors (Lipinski definition) is 8. The number of hydrogen-bond donors (Lipinski definition) is 2. The summed E-state index contributed by atoms with van der Waals surface area (Å²) in [5, 5.41) is 0. The normalized spacial score (nSPS) is 13.6. The lowest BCUT2D eigenvalue weighted by Gasteiger charge is -2.19. The molecule has 0 amide bonds. The Morgan fingerprint density at radius 2 is 0.618 bits per heavy atom. The quantitative estimate of drug-likeness (QED) is 0.0264. The summed E-state index contributed by atoms with van der Waals surface area (Å²) in [6.07, 6.45) is 103. The van der Waals surface area contributed by atoms with Crippen molar-refractivity contribution >= 4 is 19.8 Å². The van der Waals surface area contributed by atoms with Crippen LogP contribution in [0.5, 0.6) is 0 Å². The van der Waals surface area contributed by atoms with Crippen molar-refractivity contribution in [2.45, 2.75) is 341 Å². The largest absolute Gasteiger partial charge is 0.472 e. The minimum atomic E-state index is -4.40. The Balaban J connectivity index is 3.87. The molecule has 0 aromatic rings. The van der Waals surface area contributed by atoms with Crippen LogP contribution < -0.4 is 5.73 Å². The van der Waals surface area contributed by atoms with E-state index in [9.17, 15) is 19.0 Å². The van der Waals surface area contributed by atoms with Gasteiger partial charge in [-0.1, -0.05) is 334 Å². The topological polar surface area (TPSA) is 134 Å². The first kappa shape index (κ1) is 85.4. The molecule has 2 atom stereocenters. The number of unbranched alkanes of at least 4 members (excludes halogenated alkanes) is 36. The molecule has 3 N–H and O–H groups in total. The number of carbonyl (C=O) groups is 2. The van der Waals surface area contributed by atoms with Crippen LogP contribution in [0.4, 0.5) is 0 Å². The first-order chi connectivity index (χ1) is 43.8. The standard InChI is InChI=1S/C79H138NO8P/c1-3-5-7-9-11-13-15-17-19-21-23-25-27-29-31-33-34-35-36-37-38-39-40-41-42-44-46-48-50-52-54-56-58-60-62-64-66-68-70-72-79(82)88-77(76-87-89(83,84)86-74-73-80)75-85-78(81)71-69-67-65-63-61-59-57-55-53-51-49-47-45-43-32-30-28-26-24-22-20-18-16-14-12-10-8-6-4-2/h5,7,11,13,16-19,22-25,29,31,34-35,37-38,40-41,77H,3-4,6,8-10,12,14-15,20-21,26-28,30,32-33,36,39,42-76,80H2,1-2H3,(H,83,84)/b7-5-,13-11-,18-16-,19-17-,24-22-,25-23-,31-29-,35-34-,38-37-,41-40-. The molecule has 0 aromatic heterocycles. The highest BCUT2D eigenvalue weighted by molar-refractivity contribution is 7.47. The Bertz CT molecular complexity index is 1880. The van der Waals surface area contributed by atoms with E-state index in [1.54, 1.807) is 0 Å². The summed E-state index contributed by atoms with van der Waals surface area (Å²) in [5.41, 5.74) is 5.41. The predicted octanol–water partition coefficient (Wildman–Crippen LogP) is 24.6. The molecule has 512 valence electrons. The number of allylic oxidation sites excluding steroid dienone is 20. The van der Waals surface area contributed by atoms with E-state index >= 15 is 0 Å². The van der Waals surface area contributed by atoms with Gasteiger partial charge in [0.2, 0.25) is 0 Å². The zero-order chi connectivity index (χ0) is 64.4. The van der Waals surface area contributed by atoms with E-state index in [1.165, 1.54) is 205 Å². The summed E-state index contributed by atoms with van der Waals surface area (Å²) in [6, 6.07) is 0. The zero-order valence-corrected chi connectivity index (χ0v) is 58.5. The molecule has 0 fully saturated rings. The lowest BCUT2D eigenvalue weighted by atomic mass is 10.0. The van der Waals surface area contributed by atoms with Crippen molar-refractivity contribution in [3.8, 4) is 0 Å². The summed E-state index contributed by atoms with van der Waals surface area (Å²) in [5.74, 6) is -0.820. The van der Waals surface area contributed by atoms with E-state index in [-0.39, 0.29) is 38.6 Å². The molecule has 89 heavy (non-hydrogen) atoms. The summed E-state index contributed by atoms with van der Waals surface area (Å²) >= 11 is 0. The second-order valence-electron chi connectivity index (χ2n) is 24.4. The van der Waals surface area contributed by atoms with E-state index in [1.807, 2.05) is 0 Å². The second-order valence-corrected chi connectivity index (χ2v) is 25.9. The average molecular weight is 1260 g/mol. The number of ether oxygens (including phenoxy) is 2. The number of nitrogens with two attached hydrogens (primary N) is 1. The number of phosphoric ester groups is 1. The highest BCUT2D eigenvalue weighted by Crippen LogP contribution is 2.43. The van der Waals surface area contributed by atoms with Crippen LogP contribution in [0, 0.1) is 0 Å². The summed E-state index contributed by atoms with van der Waals surface area (Å²) in [6.45, 7) is 3.65. The van der Waals surface area contributed by atoms with Crippen LogP contribution in [-0.4, -0.2) is 49.3 Å². The minimum absolute atomic E-state index is 0.0505. The van der Waals surface area contributed by atoms with Gasteiger partial charge in [-0.2, -0.15) is 0 Å². The van der Waals surface area contributed by atoms with Crippen LogP contribution >= 0.6 is 7.82 Å². The maximum atomic E-state index is 12.8. The van der Waals surface area contributed by atoms with Crippen molar-refractivity contribution < 1.29 is 37.6 Å². The maximum absolute atomic E-state index is 12.8. The van der Waals surface area contributed by atoms with Crippen molar-refractivity contribution in [1.29, 1.82) is 0 Å². The third kappa shape index (κ3) is 73.3. The molecular weight excluding hydrogens is 1120 g/mol. The van der Waals surface area contributed by atoms with E-state index in [2.05, 4.69) is 135 Å². The van der Waals surface area contributed by atoms with Crippen molar-refractivity contribution in [3.63, 3.8) is 0 Å². The van der Waals surface area contributed by atoms with Gasteiger partial charge in [0, 0.05) is 19.4 Å². The lowest BCUT2D eigenvalue weighted by Crippen LogP contribution is -2.29. The maximum Gasteiger partial charge on any atom is 0.472 e. The molecule has 0 saturated heterocycles. The molecule has 0 saturated carbocycles. The van der Waals surface area contributed by atoms with Gasteiger partial charge in [0.15, 0.2) is 6.10 Å². The minimum Gasteiger partial charge on any atom is -0.462 e. The van der Waals surface area contributed by atoms with E-state index < -0.39 is 26.5 Å². The fraction of sp³-hybridized carbons (Fsp3) is 0.722. The molecule has 0 aliphatic carbocycles. The first-order valence-electron chi connectivity index (χ1n) is 37.0. The third-order valence-electron chi connectivity index (χ3n) is 15.8. The summed E-state index contributed by atoms with van der Waals surface area (Å²) in [7, 11) is -4.40. The lowest BCUT2D eigenvalue weighted by molar-refractivity contribution is -0.161. The average Bonchev–Trinajstić information content (AvgIpc) is 3.68. The van der Waals surface area contributed by atoms with Crippen molar-refractivity contribution in [1.82, 2.24) is 0 Å². The van der Waals surface area contributed by atoms with Crippen molar-refractivity contribution in [3.05, 3.63) is 122 Å². The van der Waals surface area contributed by atoms with Gasteiger partial charge in [0.1, 0.15) is 6.61 Å². The van der Waals surface area contributed by atoms with Crippen molar-refractivity contribution in [2.75, 3.05) is 26.4 Å². The number of carbonyl (C=O) groups excluding carboxylic acids is 2. The Hall–Kier alpha value is -3.59. The van der Waals surface area contributed by atoms with Crippen LogP contribution in [0.25, 0.3) is 0 Å². The van der Waals surface area contributed by atoms with E-state index in [4.69, 9.17) is 24.3 Å². The SMILES string of the molecule is CC/C=C\C/C=C\C/C=C\C/C=C\C/C=C\C/C=C\C/C=C\C/C=C\CCCCCCCCCCCCCCCCC(=O)OC(COC(=O)CCCCCCCCCCCCCCCCCCC/C=C\C/C=C\CCCCCCC)COP(=O)(O)OCCN. The van der Waals surface area contributed by atoms with Crippen LogP contribution in [-0.2, 0) is 32.7 Å². The molecule has 10 heteroatoms. The molecule has 0 aromatic carbocycles. The Morgan fingerprint density at radius 3 is 0.921 bits per heavy atom. The smallest absolute Gasteiger partial charge is 0.462 e. The summed E-state index contributed by atoms with van der Waals surface area (Å²) in [4.78, 5) is 35.4. The molecular formula is C79H138NO8P. The van der Waals surface area contributed by atoms with Gasteiger partial charge in [0.05, 0.1) is 13.2 Å². The highest BCUT2D eigenvalue weighted by Gasteiger charge is 2.26. The van der Waals surface area contributed by atoms with Crippen LogP contribution in [0.1, 0.15) is 335 Å². The van der Waals surface area contributed by atoms with Gasteiger partial charge in [-0.3, -0.25) is 18.6 Å². The van der Waals surface area contributed by atoms with E-state index in [0.29, 0.717) is 6.42 Å². The van der Waals surface area contributed by atoms with Crippen molar-refractivity contribution in [2.24, 2.45) is 5.73 Å². The molecule has 0 radical (unpaired) electrons. The fourth-order valence-corrected chi connectivity index (χ4v) is 11.2. The van der Waals surface area contributed by atoms with Gasteiger partial charge in [-0.25, -0.2) is 4.57 Å². The van der Waals surface area contributed by atoms with Crippen LogP contribution in [0.15, 0.2) is 122 Å². The predicted molar refractivity (Wildman–Crippen MR) is 385 cm³/mol. The van der Waals surface area contributed by atoms with Crippen LogP contribution in [0.3, 0.4) is 0 Å². The molecule has 0 heterocycles. The van der Waals surface area contributed by atoms with Gasteiger partial charge in [0.25, 0.3) is 0 Å². The Morgan fingerprint density at radius 1 is 0.348 bits per heavy atom. The molecule has 0 rings (SSSR count). The van der Waals surface area contributed by atoms with Gasteiger partial charge >= 0.3 is 19.8 Å². The molecule has 9 nitrogen and oxygen atoms in total. The highest BCUT2D eigenvalue weighted by atomic mass is 31.2.